The highest BCUT2D eigenvalue weighted by molar-refractivity contribution is 5.94. The molecule has 1 aromatic carbocycles. The maximum absolute atomic E-state index is 13.6. The van der Waals surface area contributed by atoms with Gasteiger partial charge in [0, 0.05) is 62.5 Å². The maximum Gasteiger partial charge on any atom is 0.337 e. The van der Waals surface area contributed by atoms with Crippen LogP contribution >= 0.6 is 0 Å². The summed E-state index contributed by atoms with van der Waals surface area (Å²) in [6.07, 6.45) is 3.27. The first-order chi connectivity index (χ1) is 18.5. The largest absolute Gasteiger partial charge is 0.478 e. The fraction of sp³-hybridized carbons (Fsp3) is 0.483. The Labute approximate surface area is 226 Å². The third-order valence-corrected chi connectivity index (χ3v) is 8.10. The zero-order chi connectivity index (χ0) is 27.9. The number of carbonyl (C=O) groups is 1. The van der Waals surface area contributed by atoms with E-state index in [9.17, 15) is 23.5 Å². The van der Waals surface area contributed by atoms with Gasteiger partial charge in [-0.3, -0.25) is 14.1 Å². The molecule has 8 nitrogen and oxygen atoms in total. The molecule has 1 unspecified atom stereocenters. The molecule has 2 aliphatic heterocycles. The maximum atomic E-state index is 13.6. The fourth-order valence-electron chi connectivity index (χ4n) is 5.88. The summed E-state index contributed by atoms with van der Waals surface area (Å²) in [5.41, 5.74) is 3.29. The molecule has 39 heavy (non-hydrogen) atoms. The average molecular weight is 540 g/mol. The van der Waals surface area contributed by atoms with Crippen LogP contribution in [0.3, 0.4) is 0 Å². The number of hydrogen-bond donors (Lipinski definition) is 2. The normalized spacial score (nSPS) is 19.3. The first kappa shape index (κ1) is 27.1. The van der Waals surface area contributed by atoms with Crippen LogP contribution in [-0.4, -0.2) is 63.5 Å². The van der Waals surface area contributed by atoms with Crippen molar-refractivity contribution in [2.75, 3.05) is 36.4 Å². The number of halogens is 2. The Hall–Kier alpha value is -3.53. The van der Waals surface area contributed by atoms with E-state index in [0.717, 1.165) is 24.0 Å². The van der Waals surface area contributed by atoms with Gasteiger partial charge in [0.2, 0.25) is 0 Å². The summed E-state index contributed by atoms with van der Waals surface area (Å²) in [5, 5.41) is 12.9. The highest BCUT2D eigenvalue weighted by Crippen LogP contribution is 2.32. The van der Waals surface area contributed by atoms with E-state index in [1.807, 2.05) is 19.9 Å². The molecule has 2 N–H and O–H groups in total. The van der Waals surface area contributed by atoms with Crippen LogP contribution in [0.4, 0.5) is 20.3 Å². The van der Waals surface area contributed by atoms with Crippen LogP contribution in [0.5, 0.6) is 0 Å². The van der Waals surface area contributed by atoms with Gasteiger partial charge in [-0.15, -0.1) is 0 Å². The van der Waals surface area contributed by atoms with E-state index in [0.29, 0.717) is 48.9 Å². The number of carboxylic acids is 1. The topological polar surface area (TPSA) is 90.2 Å². The van der Waals surface area contributed by atoms with Crippen LogP contribution in [0.25, 0.3) is 5.65 Å². The van der Waals surface area contributed by atoms with Crippen LogP contribution in [0, 0.1) is 13.8 Å². The first-order valence-corrected chi connectivity index (χ1v) is 13.5. The molecule has 0 aliphatic carbocycles. The number of nitrogens with one attached hydrogen (secondary N) is 1. The minimum absolute atomic E-state index is 0.0827. The van der Waals surface area contributed by atoms with Gasteiger partial charge < -0.3 is 15.3 Å². The molecule has 2 aliphatic rings. The van der Waals surface area contributed by atoms with Crippen molar-refractivity contribution < 1.29 is 18.7 Å². The summed E-state index contributed by atoms with van der Waals surface area (Å²) in [4.78, 5) is 34.6. The summed E-state index contributed by atoms with van der Waals surface area (Å²) in [6.45, 7) is 7.87. The Morgan fingerprint density at radius 3 is 2.46 bits per heavy atom. The minimum atomic E-state index is -2.55. The van der Waals surface area contributed by atoms with E-state index >= 15 is 0 Å². The minimum Gasteiger partial charge on any atom is -0.478 e. The molecule has 0 saturated carbocycles. The molecule has 10 heteroatoms. The number of nitrogens with zero attached hydrogens (tertiary/aromatic N) is 4. The van der Waals surface area contributed by atoms with Gasteiger partial charge in [-0.1, -0.05) is 12.1 Å². The summed E-state index contributed by atoms with van der Waals surface area (Å²) in [5.74, 6) is -2.93. The van der Waals surface area contributed by atoms with E-state index in [2.05, 4.69) is 15.1 Å². The molecule has 0 amide bonds. The smallest absolute Gasteiger partial charge is 0.337 e. The fourth-order valence-corrected chi connectivity index (χ4v) is 5.88. The van der Waals surface area contributed by atoms with Crippen molar-refractivity contribution in [3.8, 4) is 0 Å². The van der Waals surface area contributed by atoms with Crippen LogP contribution in [0.2, 0.25) is 0 Å². The SMILES string of the molecule is Cc1cc(C(C)Nc2ccccc2C(=O)O)c2nc(N3CCC(N4CCC(F)(F)CC4)CC3)c(C)c(=O)n2c1. The molecule has 0 spiro atoms. The van der Waals surface area contributed by atoms with Gasteiger partial charge in [-0.2, -0.15) is 0 Å². The van der Waals surface area contributed by atoms with Crippen molar-refractivity contribution in [1.82, 2.24) is 14.3 Å². The number of carboxylic acid groups (broad SMARTS) is 1. The lowest BCUT2D eigenvalue weighted by Crippen LogP contribution is -2.50. The second kappa shape index (κ2) is 10.6. The second-order valence-electron chi connectivity index (χ2n) is 10.9. The van der Waals surface area contributed by atoms with E-state index in [1.165, 1.54) is 0 Å². The summed E-state index contributed by atoms with van der Waals surface area (Å²) in [7, 11) is 0. The Morgan fingerprint density at radius 1 is 1.13 bits per heavy atom. The molecule has 0 radical (unpaired) electrons. The number of fused-ring (bicyclic) bond motifs is 1. The molecule has 0 bridgehead atoms. The number of aromatic nitrogens is 2. The predicted octanol–water partition coefficient (Wildman–Crippen LogP) is 4.88. The second-order valence-corrected chi connectivity index (χ2v) is 10.9. The Bertz CT molecular complexity index is 1440. The highest BCUT2D eigenvalue weighted by atomic mass is 19.3. The zero-order valence-corrected chi connectivity index (χ0v) is 22.6. The number of aryl methyl sites for hydroxylation is 1. The quantitative estimate of drug-likeness (QED) is 0.461. The third-order valence-electron chi connectivity index (χ3n) is 8.10. The molecule has 2 fully saturated rings. The van der Waals surface area contributed by atoms with Crippen LogP contribution in [-0.2, 0) is 0 Å². The predicted molar refractivity (Wildman–Crippen MR) is 147 cm³/mol. The molecule has 5 rings (SSSR count). The van der Waals surface area contributed by atoms with E-state index in [4.69, 9.17) is 4.98 Å². The monoisotopic (exact) mass is 539 g/mol. The Kier molecular flexibility index (Phi) is 7.33. The molecule has 208 valence electrons. The highest BCUT2D eigenvalue weighted by Gasteiger charge is 2.37. The number of alkyl halides is 2. The van der Waals surface area contributed by atoms with Gasteiger partial charge in [0.25, 0.3) is 11.5 Å². The molecular weight excluding hydrogens is 504 g/mol. The van der Waals surface area contributed by atoms with E-state index in [1.54, 1.807) is 41.8 Å². The summed E-state index contributed by atoms with van der Waals surface area (Å²) >= 11 is 0. The van der Waals surface area contributed by atoms with Crippen molar-refractivity contribution in [1.29, 1.82) is 0 Å². The number of likely N-dealkylation sites (tertiary alicyclic amines) is 1. The summed E-state index contributed by atoms with van der Waals surface area (Å²) in [6, 6.07) is 8.64. The average Bonchev–Trinajstić information content (AvgIpc) is 2.91. The first-order valence-electron chi connectivity index (χ1n) is 13.5. The number of benzene rings is 1. The van der Waals surface area contributed by atoms with Gasteiger partial charge in [0.1, 0.15) is 11.5 Å². The molecule has 1 atom stereocenters. The van der Waals surface area contributed by atoms with Crippen LogP contribution < -0.4 is 15.8 Å². The number of para-hydroxylation sites is 1. The van der Waals surface area contributed by atoms with Gasteiger partial charge in [-0.25, -0.2) is 18.6 Å². The molecule has 2 saturated heterocycles. The number of aromatic carboxylic acids is 1. The van der Waals surface area contributed by atoms with Crippen LogP contribution in [0.15, 0.2) is 41.3 Å². The lowest BCUT2D eigenvalue weighted by atomic mass is 9.98. The van der Waals surface area contributed by atoms with Crippen molar-refractivity contribution >= 4 is 23.1 Å². The van der Waals surface area contributed by atoms with Gasteiger partial charge in [-0.05, 0) is 57.4 Å². The summed E-state index contributed by atoms with van der Waals surface area (Å²) < 4.78 is 28.8. The molecule has 3 aromatic rings. The van der Waals surface area contributed by atoms with Crippen molar-refractivity contribution in [2.24, 2.45) is 0 Å². The standard InChI is InChI=1S/C29H35F2N5O3/c1-18-16-23(20(3)32-24-7-5-4-6-22(24)28(38)39)26-33-25(19(2)27(37)36(26)17-18)35-12-8-21(9-13-35)34-14-10-29(30,31)11-15-34/h4-7,16-17,20-21,32H,8-15H2,1-3H3,(H,38,39). The number of rotatable bonds is 6. The Morgan fingerprint density at radius 2 is 1.79 bits per heavy atom. The van der Waals surface area contributed by atoms with E-state index in [-0.39, 0.29) is 36.0 Å². The van der Waals surface area contributed by atoms with Gasteiger partial charge in [0.15, 0.2) is 0 Å². The third kappa shape index (κ3) is 5.48. The number of hydrogen-bond acceptors (Lipinski definition) is 6. The van der Waals surface area contributed by atoms with Crippen molar-refractivity contribution in [3.63, 3.8) is 0 Å². The Balaban J connectivity index is 1.43. The number of pyridine rings is 1. The van der Waals surface area contributed by atoms with Gasteiger partial charge in [0.05, 0.1) is 17.2 Å². The van der Waals surface area contributed by atoms with E-state index < -0.39 is 11.9 Å². The number of anilines is 2. The van der Waals surface area contributed by atoms with Crippen LogP contribution in [0.1, 0.15) is 65.7 Å². The zero-order valence-electron chi connectivity index (χ0n) is 22.6. The lowest BCUT2D eigenvalue weighted by Gasteiger charge is -2.42. The molecular formula is C29H35F2N5O3. The lowest BCUT2D eigenvalue weighted by molar-refractivity contribution is -0.0646. The van der Waals surface area contributed by atoms with Crippen molar-refractivity contribution in [3.05, 3.63) is 69.1 Å². The van der Waals surface area contributed by atoms with Crippen molar-refractivity contribution in [2.45, 2.75) is 64.5 Å². The molecule has 2 aromatic heterocycles. The van der Waals surface area contributed by atoms with Gasteiger partial charge >= 0.3 is 5.97 Å². The molecule has 4 heterocycles. The number of piperidine rings is 2.